The summed E-state index contributed by atoms with van der Waals surface area (Å²) in [5, 5.41) is 16.2. The molecule has 0 amide bonds. The molecule has 4 heteroatoms. The second-order valence-electron chi connectivity index (χ2n) is 4.50. The SMILES string of the molecule is CNCC1CCN([C@@H]2CNC[C@H]2O)C1. The summed E-state index contributed by atoms with van der Waals surface area (Å²) in [6.07, 6.45) is 1.10. The van der Waals surface area contributed by atoms with E-state index in [1.165, 1.54) is 6.42 Å². The highest BCUT2D eigenvalue weighted by molar-refractivity contribution is 4.92. The van der Waals surface area contributed by atoms with E-state index < -0.39 is 0 Å². The lowest BCUT2D eigenvalue weighted by atomic mass is 10.1. The Labute approximate surface area is 85.7 Å². The molecule has 0 aliphatic carbocycles. The van der Waals surface area contributed by atoms with Crippen molar-refractivity contribution < 1.29 is 5.11 Å². The molecule has 2 heterocycles. The number of aliphatic hydroxyl groups is 1. The van der Waals surface area contributed by atoms with Gasteiger partial charge in [0.2, 0.25) is 0 Å². The Kier molecular flexibility index (Phi) is 3.38. The molecular formula is C10H21N3O. The van der Waals surface area contributed by atoms with E-state index in [1.807, 2.05) is 7.05 Å². The van der Waals surface area contributed by atoms with Gasteiger partial charge in [-0.15, -0.1) is 0 Å². The van der Waals surface area contributed by atoms with Crippen LogP contribution in [-0.2, 0) is 0 Å². The fraction of sp³-hybridized carbons (Fsp3) is 1.00. The molecule has 2 rings (SSSR count). The van der Waals surface area contributed by atoms with Crippen LogP contribution in [0.5, 0.6) is 0 Å². The zero-order chi connectivity index (χ0) is 9.97. The van der Waals surface area contributed by atoms with E-state index >= 15 is 0 Å². The van der Waals surface area contributed by atoms with Gasteiger partial charge in [0.15, 0.2) is 0 Å². The molecule has 0 spiro atoms. The molecule has 1 unspecified atom stereocenters. The van der Waals surface area contributed by atoms with Crippen LogP contribution in [0.15, 0.2) is 0 Å². The first-order chi connectivity index (χ1) is 6.81. The Balaban J connectivity index is 1.82. The Morgan fingerprint density at radius 3 is 3.00 bits per heavy atom. The number of aliphatic hydroxyl groups excluding tert-OH is 1. The summed E-state index contributed by atoms with van der Waals surface area (Å²) in [5.41, 5.74) is 0. The van der Waals surface area contributed by atoms with Crippen molar-refractivity contribution in [2.45, 2.75) is 18.6 Å². The predicted octanol–water partition coefficient (Wildman–Crippen LogP) is -1.14. The minimum absolute atomic E-state index is 0.164. The predicted molar refractivity (Wildman–Crippen MR) is 56.3 cm³/mol. The van der Waals surface area contributed by atoms with E-state index in [4.69, 9.17) is 0 Å². The second-order valence-corrected chi connectivity index (χ2v) is 4.50. The molecule has 3 N–H and O–H groups in total. The molecule has 3 atom stereocenters. The van der Waals surface area contributed by atoms with Gasteiger partial charge in [0, 0.05) is 25.7 Å². The van der Waals surface area contributed by atoms with Crippen molar-refractivity contribution in [1.82, 2.24) is 15.5 Å². The summed E-state index contributed by atoms with van der Waals surface area (Å²) in [4.78, 5) is 2.44. The van der Waals surface area contributed by atoms with Crippen LogP contribution in [0.3, 0.4) is 0 Å². The molecular weight excluding hydrogens is 178 g/mol. The number of likely N-dealkylation sites (tertiary alicyclic amines) is 1. The van der Waals surface area contributed by atoms with Crippen LogP contribution in [0.1, 0.15) is 6.42 Å². The van der Waals surface area contributed by atoms with Gasteiger partial charge in [-0.2, -0.15) is 0 Å². The molecule has 2 aliphatic rings. The van der Waals surface area contributed by atoms with Gasteiger partial charge in [0.25, 0.3) is 0 Å². The van der Waals surface area contributed by atoms with Gasteiger partial charge >= 0.3 is 0 Å². The number of hydrogen-bond acceptors (Lipinski definition) is 4. The molecule has 0 radical (unpaired) electrons. The van der Waals surface area contributed by atoms with Crippen molar-refractivity contribution >= 4 is 0 Å². The highest BCUT2D eigenvalue weighted by Gasteiger charge is 2.34. The highest BCUT2D eigenvalue weighted by Crippen LogP contribution is 2.20. The number of β-amino-alcohol motifs (C(OH)–C–C–N with tert-alkyl or cyclic N) is 1. The number of nitrogens with zero attached hydrogens (tertiary/aromatic N) is 1. The first-order valence-electron chi connectivity index (χ1n) is 5.58. The van der Waals surface area contributed by atoms with Crippen molar-refractivity contribution in [1.29, 1.82) is 0 Å². The molecule has 14 heavy (non-hydrogen) atoms. The lowest BCUT2D eigenvalue weighted by Crippen LogP contribution is -2.42. The van der Waals surface area contributed by atoms with Gasteiger partial charge in [-0.25, -0.2) is 0 Å². The maximum absolute atomic E-state index is 9.75. The largest absolute Gasteiger partial charge is 0.390 e. The minimum Gasteiger partial charge on any atom is -0.390 e. The fourth-order valence-corrected chi connectivity index (χ4v) is 2.64. The topological polar surface area (TPSA) is 47.5 Å². The molecule has 0 bridgehead atoms. The summed E-state index contributed by atoms with van der Waals surface area (Å²) in [7, 11) is 2.01. The highest BCUT2D eigenvalue weighted by atomic mass is 16.3. The van der Waals surface area contributed by atoms with Crippen molar-refractivity contribution in [3.63, 3.8) is 0 Å². The molecule has 0 aromatic rings. The summed E-state index contributed by atoms with van der Waals surface area (Å²) >= 11 is 0. The van der Waals surface area contributed by atoms with E-state index in [2.05, 4.69) is 15.5 Å². The molecule has 0 aromatic carbocycles. The molecule has 82 valence electrons. The Morgan fingerprint density at radius 2 is 2.36 bits per heavy atom. The maximum Gasteiger partial charge on any atom is 0.0831 e. The maximum atomic E-state index is 9.75. The van der Waals surface area contributed by atoms with Crippen LogP contribution < -0.4 is 10.6 Å². The molecule has 4 nitrogen and oxygen atoms in total. The second kappa shape index (κ2) is 4.57. The van der Waals surface area contributed by atoms with Gasteiger partial charge in [0.1, 0.15) is 0 Å². The normalized spacial score (nSPS) is 39.4. The average molecular weight is 199 g/mol. The molecule has 2 fully saturated rings. The molecule has 0 saturated carbocycles. The van der Waals surface area contributed by atoms with Crippen LogP contribution in [0.2, 0.25) is 0 Å². The minimum atomic E-state index is -0.164. The van der Waals surface area contributed by atoms with Crippen molar-refractivity contribution in [3.05, 3.63) is 0 Å². The lowest BCUT2D eigenvalue weighted by Gasteiger charge is -2.25. The van der Waals surface area contributed by atoms with Crippen LogP contribution in [0, 0.1) is 5.92 Å². The summed E-state index contributed by atoms with van der Waals surface area (Å²) < 4.78 is 0. The summed E-state index contributed by atoms with van der Waals surface area (Å²) in [6, 6.07) is 0.358. The van der Waals surface area contributed by atoms with Crippen LogP contribution in [-0.4, -0.2) is 61.9 Å². The van der Waals surface area contributed by atoms with Crippen molar-refractivity contribution in [2.24, 2.45) is 5.92 Å². The number of rotatable bonds is 3. The number of hydrogen-bond donors (Lipinski definition) is 3. The van der Waals surface area contributed by atoms with Gasteiger partial charge in [0.05, 0.1) is 6.10 Å². The van der Waals surface area contributed by atoms with Crippen molar-refractivity contribution in [2.75, 3.05) is 39.8 Å². The standard InChI is InChI=1S/C10H21N3O/c1-11-4-8-2-3-13(7-8)9-5-12-6-10(9)14/h8-12,14H,2-7H2,1H3/t8?,9-,10-/m1/s1. The summed E-state index contributed by atoms with van der Waals surface area (Å²) in [6.45, 7) is 5.11. The van der Waals surface area contributed by atoms with E-state index in [0.717, 1.165) is 38.6 Å². The van der Waals surface area contributed by atoms with E-state index in [9.17, 15) is 5.11 Å². The third-order valence-corrected chi connectivity index (χ3v) is 3.43. The van der Waals surface area contributed by atoms with E-state index in [0.29, 0.717) is 6.04 Å². The average Bonchev–Trinajstić information content (AvgIpc) is 2.74. The molecule has 0 aromatic heterocycles. The third-order valence-electron chi connectivity index (χ3n) is 3.43. The zero-order valence-corrected chi connectivity index (χ0v) is 8.87. The van der Waals surface area contributed by atoms with Crippen LogP contribution in [0.4, 0.5) is 0 Å². The van der Waals surface area contributed by atoms with Gasteiger partial charge in [-0.3, -0.25) is 4.90 Å². The Hall–Kier alpha value is -0.160. The smallest absolute Gasteiger partial charge is 0.0831 e. The zero-order valence-electron chi connectivity index (χ0n) is 8.87. The summed E-state index contributed by atoms with van der Waals surface area (Å²) in [5.74, 6) is 0.771. The quantitative estimate of drug-likeness (QED) is 0.538. The van der Waals surface area contributed by atoms with Gasteiger partial charge in [-0.1, -0.05) is 0 Å². The van der Waals surface area contributed by atoms with Crippen LogP contribution in [0.25, 0.3) is 0 Å². The first kappa shape index (κ1) is 10.4. The third kappa shape index (κ3) is 2.08. The van der Waals surface area contributed by atoms with Gasteiger partial charge < -0.3 is 15.7 Å². The van der Waals surface area contributed by atoms with E-state index in [-0.39, 0.29) is 6.10 Å². The van der Waals surface area contributed by atoms with Crippen molar-refractivity contribution in [3.8, 4) is 0 Å². The molecule has 2 aliphatic heterocycles. The van der Waals surface area contributed by atoms with Gasteiger partial charge in [-0.05, 0) is 32.5 Å². The Bertz CT molecular complexity index is 188. The Morgan fingerprint density at radius 1 is 1.50 bits per heavy atom. The van der Waals surface area contributed by atoms with Crippen LogP contribution >= 0.6 is 0 Å². The lowest BCUT2D eigenvalue weighted by molar-refractivity contribution is 0.0961. The first-order valence-corrected chi connectivity index (χ1v) is 5.58. The molecule has 2 saturated heterocycles. The number of nitrogens with one attached hydrogen (secondary N) is 2. The van der Waals surface area contributed by atoms with E-state index in [1.54, 1.807) is 0 Å². The monoisotopic (exact) mass is 199 g/mol. The fourth-order valence-electron chi connectivity index (χ4n) is 2.64.